The van der Waals surface area contributed by atoms with Crippen LogP contribution in [0.5, 0.6) is 0 Å². The summed E-state index contributed by atoms with van der Waals surface area (Å²) in [4.78, 5) is 23.6. The molecule has 0 aliphatic heterocycles. The molecular formula is C17H14ClFN2O2. The number of amides is 2. The Balaban J connectivity index is 2.24. The van der Waals surface area contributed by atoms with Gasteiger partial charge in [-0.1, -0.05) is 41.9 Å². The standard InChI is InChI=1S/C17H14ClFN2O2/c1-11(22)20-16(9-12-5-3-2-4-6-12)17(23)21-13-7-8-15(19)14(18)10-13/h2-10H,1H3,(H,20,22)(H,21,23)/b16-9+. The minimum atomic E-state index is -0.577. The van der Waals surface area contributed by atoms with Crippen molar-refractivity contribution in [3.63, 3.8) is 0 Å². The number of carbonyl (C=O) groups excluding carboxylic acids is 2. The molecule has 0 aromatic heterocycles. The summed E-state index contributed by atoms with van der Waals surface area (Å²) in [7, 11) is 0. The van der Waals surface area contributed by atoms with Crippen molar-refractivity contribution in [3.8, 4) is 0 Å². The molecule has 0 spiro atoms. The van der Waals surface area contributed by atoms with E-state index >= 15 is 0 Å². The van der Waals surface area contributed by atoms with Crippen LogP contribution in [-0.2, 0) is 9.59 Å². The molecule has 2 rings (SSSR count). The highest BCUT2D eigenvalue weighted by Crippen LogP contribution is 2.19. The Morgan fingerprint density at radius 1 is 1.13 bits per heavy atom. The van der Waals surface area contributed by atoms with E-state index in [0.29, 0.717) is 5.69 Å². The van der Waals surface area contributed by atoms with Gasteiger partial charge in [0.05, 0.1) is 5.02 Å². The Bertz CT molecular complexity index is 760. The van der Waals surface area contributed by atoms with Gasteiger partial charge in [0.2, 0.25) is 5.91 Å². The molecule has 4 nitrogen and oxygen atoms in total. The Labute approximate surface area is 138 Å². The third kappa shape index (κ3) is 4.93. The zero-order valence-corrected chi connectivity index (χ0v) is 13.0. The van der Waals surface area contributed by atoms with Crippen molar-refractivity contribution < 1.29 is 14.0 Å². The second-order valence-electron chi connectivity index (χ2n) is 4.73. The lowest BCUT2D eigenvalue weighted by Gasteiger charge is -2.10. The summed E-state index contributed by atoms with van der Waals surface area (Å²) < 4.78 is 13.1. The lowest BCUT2D eigenvalue weighted by Crippen LogP contribution is -2.28. The number of hydrogen-bond donors (Lipinski definition) is 2. The molecule has 0 fully saturated rings. The molecule has 2 amide bonds. The molecule has 118 valence electrons. The van der Waals surface area contributed by atoms with Crippen LogP contribution in [0.25, 0.3) is 6.08 Å². The molecule has 0 unspecified atom stereocenters. The molecule has 0 aliphatic carbocycles. The molecular weight excluding hydrogens is 319 g/mol. The van der Waals surface area contributed by atoms with Crippen LogP contribution in [-0.4, -0.2) is 11.8 Å². The third-order valence-electron chi connectivity index (χ3n) is 2.84. The van der Waals surface area contributed by atoms with Crippen LogP contribution in [0.15, 0.2) is 54.2 Å². The van der Waals surface area contributed by atoms with Crippen LogP contribution in [0.2, 0.25) is 5.02 Å². The molecule has 2 N–H and O–H groups in total. The van der Waals surface area contributed by atoms with Crippen LogP contribution in [0.1, 0.15) is 12.5 Å². The third-order valence-corrected chi connectivity index (χ3v) is 3.13. The summed E-state index contributed by atoms with van der Waals surface area (Å²) in [5.74, 6) is -1.49. The van der Waals surface area contributed by atoms with Gasteiger partial charge in [-0.25, -0.2) is 4.39 Å². The van der Waals surface area contributed by atoms with E-state index in [-0.39, 0.29) is 16.6 Å². The maximum absolute atomic E-state index is 13.1. The molecule has 2 aromatic carbocycles. The maximum atomic E-state index is 13.1. The summed E-state index contributed by atoms with van der Waals surface area (Å²) in [6.45, 7) is 1.31. The summed E-state index contributed by atoms with van der Waals surface area (Å²) >= 11 is 5.68. The minimum absolute atomic E-state index is 0.0733. The molecule has 0 aliphatic rings. The lowest BCUT2D eigenvalue weighted by atomic mass is 10.2. The maximum Gasteiger partial charge on any atom is 0.272 e. The Kier molecular flexibility index (Phi) is 5.49. The fourth-order valence-electron chi connectivity index (χ4n) is 1.84. The molecule has 0 saturated heterocycles. The lowest BCUT2D eigenvalue weighted by molar-refractivity contribution is -0.120. The second-order valence-corrected chi connectivity index (χ2v) is 5.14. The van der Waals surface area contributed by atoms with Crippen molar-refractivity contribution in [2.45, 2.75) is 6.92 Å². The highest BCUT2D eigenvalue weighted by molar-refractivity contribution is 6.31. The SMILES string of the molecule is CC(=O)N/C(=C/c1ccccc1)C(=O)Nc1ccc(F)c(Cl)c1. The predicted octanol–water partition coefficient (Wildman–Crippen LogP) is 3.59. The zero-order chi connectivity index (χ0) is 16.8. The molecule has 0 bridgehead atoms. The summed E-state index contributed by atoms with van der Waals surface area (Å²) in [6, 6.07) is 12.9. The van der Waals surface area contributed by atoms with E-state index in [0.717, 1.165) is 11.6 Å². The molecule has 0 radical (unpaired) electrons. The fraction of sp³-hybridized carbons (Fsp3) is 0.0588. The monoisotopic (exact) mass is 332 g/mol. The van der Waals surface area contributed by atoms with Gasteiger partial charge < -0.3 is 10.6 Å². The van der Waals surface area contributed by atoms with Crippen LogP contribution in [0.3, 0.4) is 0 Å². The zero-order valence-electron chi connectivity index (χ0n) is 12.3. The van der Waals surface area contributed by atoms with Crippen molar-refractivity contribution in [3.05, 3.63) is 70.6 Å². The highest BCUT2D eigenvalue weighted by atomic mass is 35.5. The predicted molar refractivity (Wildman–Crippen MR) is 88.3 cm³/mol. The molecule has 23 heavy (non-hydrogen) atoms. The second kappa shape index (κ2) is 7.56. The van der Waals surface area contributed by atoms with E-state index < -0.39 is 11.7 Å². The summed E-state index contributed by atoms with van der Waals surface area (Å²) in [5, 5.41) is 4.94. The van der Waals surface area contributed by atoms with E-state index in [2.05, 4.69) is 10.6 Å². The van der Waals surface area contributed by atoms with E-state index in [4.69, 9.17) is 11.6 Å². The summed E-state index contributed by atoms with van der Waals surface area (Å²) in [5.41, 5.74) is 1.15. The molecule has 6 heteroatoms. The number of nitrogens with one attached hydrogen (secondary N) is 2. The highest BCUT2D eigenvalue weighted by Gasteiger charge is 2.12. The van der Waals surface area contributed by atoms with Gasteiger partial charge in [-0.2, -0.15) is 0 Å². The normalized spacial score (nSPS) is 11.0. The number of rotatable bonds is 4. The first-order valence-corrected chi connectivity index (χ1v) is 7.14. The van der Waals surface area contributed by atoms with Gasteiger partial charge in [-0.05, 0) is 29.8 Å². The number of benzene rings is 2. The average Bonchev–Trinajstić information content (AvgIpc) is 2.51. The van der Waals surface area contributed by atoms with Gasteiger partial charge >= 0.3 is 0 Å². The van der Waals surface area contributed by atoms with Crippen LogP contribution >= 0.6 is 11.6 Å². The number of halogens is 2. The first-order chi connectivity index (χ1) is 11.0. The number of carbonyl (C=O) groups is 2. The topological polar surface area (TPSA) is 58.2 Å². The van der Waals surface area contributed by atoms with E-state index in [9.17, 15) is 14.0 Å². The van der Waals surface area contributed by atoms with Crippen molar-refractivity contribution in [1.82, 2.24) is 5.32 Å². The molecule has 0 saturated carbocycles. The fourth-order valence-corrected chi connectivity index (χ4v) is 2.02. The first-order valence-electron chi connectivity index (χ1n) is 6.76. The van der Waals surface area contributed by atoms with Gasteiger partial charge in [0.15, 0.2) is 0 Å². The van der Waals surface area contributed by atoms with Gasteiger partial charge in [-0.15, -0.1) is 0 Å². The van der Waals surface area contributed by atoms with Crippen LogP contribution in [0, 0.1) is 5.82 Å². The van der Waals surface area contributed by atoms with Gasteiger partial charge in [-0.3, -0.25) is 9.59 Å². The Hall–Kier alpha value is -2.66. The number of anilines is 1. The summed E-state index contributed by atoms with van der Waals surface area (Å²) in [6.07, 6.45) is 1.54. The van der Waals surface area contributed by atoms with Gasteiger partial charge in [0.1, 0.15) is 11.5 Å². The molecule has 2 aromatic rings. The first kappa shape index (κ1) is 16.7. The average molecular weight is 333 g/mol. The van der Waals surface area contributed by atoms with E-state index in [1.165, 1.54) is 19.1 Å². The Morgan fingerprint density at radius 3 is 2.43 bits per heavy atom. The van der Waals surface area contributed by atoms with Crippen molar-refractivity contribution >= 4 is 35.2 Å². The minimum Gasteiger partial charge on any atom is -0.322 e. The molecule has 0 heterocycles. The van der Waals surface area contributed by atoms with Crippen molar-refractivity contribution in [2.75, 3.05) is 5.32 Å². The quantitative estimate of drug-likeness (QED) is 0.840. The molecule has 0 atom stereocenters. The van der Waals surface area contributed by atoms with E-state index in [1.807, 2.05) is 18.2 Å². The van der Waals surface area contributed by atoms with Crippen LogP contribution < -0.4 is 10.6 Å². The van der Waals surface area contributed by atoms with Gasteiger partial charge in [0.25, 0.3) is 5.91 Å². The van der Waals surface area contributed by atoms with Crippen molar-refractivity contribution in [1.29, 1.82) is 0 Å². The van der Waals surface area contributed by atoms with E-state index in [1.54, 1.807) is 18.2 Å². The number of hydrogen-bond acceptors (Lipinski definition) is 2. The Morgan fingerprint density at radius 2 is 1.83 bits per heavy atom. The van der Waals surface area contributed by atoms with Crippen LogP contribution in [0.4, 0.5) is 10.1 Å². The largest absolute Gasteiger partial charge is 0.322 e. The van der Waals surface area contributed by atoms with Gasteiger partial charge in [0, 0.05) is 12.6 Å². The smallest absolute Gasteiger partial charge is 0.272 e. The van der Waals surface area contributed by atoms with Crippen molar-refractivity contribution in [2.24, 2.45) is 0 Å².